The number of benzene rings is 1. The average Bonchev–Trinajstić information content (AvgIpc) is 2.62. The van der Waals surface area contributed by atoms with E-state index in [2.05, 4.69) is 9.47 Å². The van der Waals surface area contributed by atoms with Crippen molar-refractivity contribution in [3.05, 3.63) is 29.3 Å². The molecule has 7 nitrogen and oxygen atoms in total. The smallest absolute Gasteiger partial charge is 0.320 e. The minimum atomic E-state index is -1.27. The van der Waals surface area contributed by atoms with E-state index in [0.29, 0.717) is 22.6 Å². The number of hydrogen-bond acceptors (Lipinski definition) is 7. The summed E-state index contributed by atoms with van der Waals surface area (Å²) in [5, 5.41) is 10.7. The summed E-state index contributed by atoms with van der Waals surface area (Å²) in [6.45, 7) is 0. The second-order valence-corrected chi connectivity index (χ2v) is 5.24. The highest BCUT2D eigenvalue weighted by atomic mass is 16.5. The number of aliphatic hydroxyl groups excluding tert-OH is 1. The van der Waals surface area contributed by atoms with Gasteiger partial charge in [0, 0.05) is 17.5 Å². The Morgan fingerprint density at radius 2 is 1.67 bits per heavy atom. The normalized spacial score (nSPS) is 18.8. The van der Waals surface area contributed by atoms with Crippen molar-refractivity contribution in [3.63, 3.8) is 0 Å². The number of ether oxygens (including phenoxy) is 4. The molecule has 0 aromatic heterocycles. The van der Waals surface area contributed by atoms with Crippen LogP contribution in [-0.2, 0) is 19.1 Å². The highest BCUT2D eigenvalue weighted by molar-refractivity contribution is 5.96. The molecule has 0 heterocycles. The fourth-order valence-corrected chi connectivity index (χ4v) is 2.81. The van der Waals surface area contributed by atoms with Crippen LogP contribution in [0.1, 0.15) is 17.2 Å². The molecule has 2 rings (SSSR count). The van der Waals surface area contributed by atoms with Crippen LogP contribution in [0.5, 0.6) is 11.5 Å². The van der Waals surface area contributed by atoms with Gasteiger partial charge in [0.15, 0.2) is 5.92 Å². The SMILES string of the molecule is COC(=O)C(C(=O)OC)[C@@H]1C=Cc2c(OC)cc(OC)cc2[C@H]1O. The van der Waals surface area contributed by atoms with Gasteiger partial charge in [-0.3, -0.25) is 9.59 Å². The second-order valence-electron chi connectivity index (χ2n) is 5.24. The molecule has 130 valence electrons. The Kier molecular flexibility index (Phi) is 5.46. The highest BCUT2D eigenvalue weighted by Gasteiger charge is 2.42. The van der Waals surface area contributed by atoms with Crippen LogP contribution in [-0.4, -0.2) is 45.5 Å². The van der Waals surface area contributed by atoms with Gasteiger partial charge in [0.2, 0.25) is 0 Å². The van der Waals surface area contributed by atoms with Crippen LogP contribution in [0.25, 0.3) is 6.08 Å². The molecule has 2 atom stereocenters. The average molecular weight is 336 g/mol. The maximum absolute atomic E-state index is 12.0. The van der Waals surface area contributed by atoms with Crippen LogP contribution in [0.2, 0.25) is 0 Å². The Balaban J connectivity index is 2.50. The number of esters is 2. The zero-order valence-electron chi connectivity index (χ0n) is 13.9. The van der Waals surface area contributed by atoms with Crippen molar-refractivity contribution >= 4 is 18.0 Å². The third kappa shape index (κ3) is 3.07. The molecule has 1 aromatic carbocycles. The Labute approximate surface area is 139 Å². The number of carbonyl (C=O) groups excluding carboxylic acids is 2. The third-order valence-electron chi connectivity index (χ3n) is 4.07. The van der Waals surface area contributed by atoms with Crippen molar-refractivity contribution < 1.29 is 33.6 Å². The predicted octanol–water partition coefficient (Wildman–Crippen LogP) is 1.34. The summed E-state index contributed by atoms with van der Waals surface area (Å²) in [6.07, 6.45) is 2.15. The minimum Gasteiger partial charge on any atom is -0.497 e. The predicted molar refractivity (Wildman–Crippen MR) is 84.6 cm³/mol. The molecule has 1 aliphatic rings. The maximum atomic E-state index is 12.0. The van der Waals surface area contributed by atoms with Gasteiger partial charge in [0.25, 0.3) is 0 Å². The molecule has 7 heteroatoms. The van der Waals surface area contributed by atoms with Crippen LogP contribution < -0.4 is 9.47 Å². The molecule has 0 aliphatic heterocycles. The molecule has 1 aromatic rings. The lowest BCUT2D eigenvalue weighted by Gasteiger charge is -2.30. The molecule has 0 amide bonds. The number of methoxy groups -OCH3 is 4. The van der Waals surface area contributed by atoms with E-state index in [1.54, 1.807) is 24.3 Å². The molecule has 0 unspecified atom stereocenters. The molecule has 0 bridgehead atoms. The summed E-state index contributed by atoms with van der Waals surface area (Å²) in [5.41, 5.74) is 1.16. The van der Waals surface area contributed by atoms with Crippen LogP contribution in [0, 0.1) is 11.8 Å². The molecule has 1 N–H and O–H groups in total. The lowest BCUT2D eigenvalue weighted by Crippen LogP contribution is -2.36. The number of aliphatic hydroxyl groups is 1. The first kappa shape index (κ1) is 17.8. The first-order valence-electron chi connectivity index (χ1n) is 7.26. The van der Waals surface area contributed by atoms with Gasteiger partial charge < -0.3 is 24.1 Å². The standard InChI is InChI=1S/C17H20O7/c1-21-9-7-12-10(13(8-9)22-2)5-6-11(15(12)18)14(16(19)23-3)17(20)24-4/h5-8,11,14-15,18H,1-4H3/t11-,15-/m0/s1. The van der Waals surface area contributed by atoms with E-state index in [0.717, 1.165) is 0 Å². The molecule has 24 heavy (non-hydrogen) atoms. The number of carbonyl (C=O) groups is 2. The van der Waals surface area contributed by atoms with Crippen LogP contribution >= 0.6 is 0 Å². The Morgan fingerprint density at radius 1 is 1.04 bits per heavy atom. The van der Waals surface area contributed by atoms with Crippen molar-refractivity contribution in [1.82, 2.24) is 0 Å². The van der Waals surface area contributed by atoms with Crippen molar-refractivity contribution in [2.45, 2.75) is 6.10 Å². The molecule has 0 fully saturated rings. The molecular formula is C17H20O7. The lowest BCUT2D eigenvalue weighted by atomic mass is 9.78. The minimum absolute atomic E-state index is 0.492. The van der Waals surface area contributed by atoms with E-state index in [1.807, 2.05) is 0 Å². The molecule has 0 spiro atoms. The summed E-state index contributed by atoms with van der Waals surface area (Å²) in [5.74, 6) is -2.62. The van der Waals surface area contributed by atoms with Gasteiger partial charge in [-0.15, -0.1) is 0 Å². The summed E-state index contributed by atoms with van der Waals surface area (Å²) in [7, 11) is 5.36. The lowest BCUT2D eigenvalue weighted by molar-refractivity contribution is -0.162. The van der Waals surface area contributed by atoms with Gasteiger partial charge in [-0.2, -0.15) is 0 Å². The van der Waals surface area contributed by atoms with E-state index in [1.165, 1.54) is 28.4 Å². The van der Waals surface area contributed by atoms with Crippen molar-refractivity contribution in [2.75, 3.05) is 28.4 Å². The first-order chi connectivity index (χ1) is 11.5. The number of fused-ring (bicyclic) bond motifs is 1. The quantitative estimate of drug-likeness (QED) is 0.641. The highest BCUT2D eigenvalue weighted by Crippen LogP contribution is 2.42. The molecule has 0 saturated carbocycles. The van der Waals surface area contributed by atoms with Crippen LogP contribution in [0.3, 0.4) is 0 Å². The Bertz CT molecular complexity index is 649. The van der Waals surface area contributed by atoms with E-state index in [4.69, 9.17) is 9.47 Å². The van der Waals surface area contributed by atoms with E-state index < -0.39 is 29.9 Å². The number of hydrogen-bond donors (Lipinski definition) is 1. The van der Waals surface area contributed by atoms with Gasteiger partial charge in [0.05, 0.1) is 34.5 Å². The third-order valence-corrected chi connectivity index (χ3v) is 4.07. The van der Waals surface area contributed by atoms with Crippen LogP contribution in [0.15, 0.2) is 18.2 Å². The summed E-state index contributed by atoms with van der Waals surface area (Å²) in [6, 6.07) is 3.33. The van der Waals surface area contributed by atoms with Crippen molar-refractivity contribution in [1.29, 1.82) is 0 Å². The zero-order chi connectivity index (χ0) is 17.9. The van der Waals surface area contributed by atoms with Gasteiger partial charge in [-0.05, 0) is 11.6 Å². The summed E-state index contributed by atoms with van der Waals surface area (Å²) >= 11 is 0. The summed E-state index contributed by atoms with van der Waals surface area (Å²) < 4.78 is 19.9. The van der Waals surface area contributed by atoms with Gasteiger partial charge in [-0.1, -0.05) is 12.2 Å². The maximum Gasteiger partial charge on any atom is 0.320 e. The van der Waals surface area contributed by atoms with Crippen LogP contribution in [0.4, 0.5) is 0 Å². The molecule has 0 radical (unpaired) electrons. The van der Waals surface area contributed by atoms with E-state index in [-0.39, 0.29) is 0 Å². The van der Waals surface area contributed by atoms with E-state index >= 15 is 0 Å². The fraction of sp³-hybridized carbons (Fsp3) is 0.412. The second kappa shape index (κ2) is 7.35. The molecule has 1 aliphatic carbocycles. The van der Waals surface area contributed by atoms with E-state index in [9.17, 15) is 14.7 Å². The Hall–Kier alpha value is -2.54. The zero-order valence-corrected chi connectivity index (χ0v) is 13.9. The molecular weight excluding hydrogens is 316 g/mol. The molecule has 0 saturated heterocycles. The summed E-state index contributed by atoms with van der Waals surface area (Å²) in [4.78, 5) is 24.0. The van der Waals surface area contributed by atoms with Gasteiger partial charge >= 0.3 is 11.9 Å². The first-order valence-corrected chi connectivity index (χ1v) is 7.26. The fourth-order valence-electron chi connectivity index (χ4n) is 2.81. The van der Waals surface area contributed by atoms with Gasteiger partial charge in [-0.25, -0.2) is 0 Å². The largest absolute Gasteiger partial charge is 0.497 e. The number of rotatable bonds is 5. The Morgan fingerprint density at radius 3 is 2.17 bits per heavy atom. The van der Waals surface area contributed by atoms with Crippen molar-refractivity contribution in [3.8, 4) is 11.5 Å². The monoisotopic (exact) mass is 336 g/mol. The van der Waals surface area contributed by atoms with Crippen molar-refractivity contribution in [2.24, 2.45) is 11.8 Å². The van der Waals surface area contributed by atoms with Gasteiger partial charge in [0.1, 0.15) is 11.5 Å². The topological polar surface area (TPSA) is 91.3 Å².